The number of rotatable bonds is 2. The Morgan fingerprint density at radius 3 is 2.65 bits per heavy atom. The van der Waals surface area contributed by atoms with Crippen LogP contribution in [0.1, 0.15) is 28.8 Å². The zero-order valence-corrected chi connectivity index (χ0v) is 11.9. The summed E-state index contributed by atoms with van der Waals surface area (Å²) < 4.78 is 5.25. The highest BCUT2D eigenvalue weighted by atomic mass is 35.5. The summed E-state index contributed by atoms with van der Waals surface area (Å²) in [5.74, 6) is 0. The molecule has 0 spiro atoms. The van der Waals surface area contributed by atoms with Crippen molar-refractivity contribution in [3.8, 4) is 0 Å². The molecule has 0 N–H and O–H groups in total. The molecule has 0 amide bonds. The first-order chi connectivity index (χ1) is 9.61. The first-order valence-corrected chi connectivity index (χ1v) is 6.96. The van der Waals surface area contributed by atoms with Gasteiger partial charge in [0.15, 0.2) is 6.29 Å². The number of fused-ring (bicyclic) bond motifs is 1. The molecule has 0 saturated carbocycles. The van der Waals surface area contributed by atoms with Crippen LogP contribution in [0.5, 0.6) is 0 Å². The number of aryl methyl sites for hydroxylation is 1. The van der Waals surface area contributed by atoms with E-state index in [2.05, 4.69) is 4.90 Å². The predicted molar refractivity (Wildman–Crippen MR) is 79.1 cm³/mol. The largest absolute Gasteiger partial charge is 0.422 e. The Morgan fingerprint density at radius 2 is 2.00 bits per heavy atom. The number of carbonyl (C=O) groups is 1. The highest BCUT2D eigenvalue weighted by Crippen LogP contribution is 2.33. The first-order valence-electron chi connectivity index (χ1n) is 6.59. The highest BCUT2D eigenvalue weighted by Gasteiger charge is 2.22. The second-order valence-corrected chi connectivity index (χ2v) is 5.47. The van der Waals surface area contributed by atoms with Crippen molar-refractivity contribution in [3.05, 3.63) is 38.7 Å². The number of hydrogen-bond donors (Lipinski definition) is 0. The number of halogens is 1. The van der Waals surface area contributed by atoms with Gasteiger partial charge >= 0.3 is 5.63 Å². The molecule has 2 aromatic rings. The Balaban J connectivity index is 2.39. The van der Waals surface area contributed by atoms with Crippen molar-refractivity contribution in [3.63, 3.8) is 0 Å². The SMILES string of the molecule is Cc1cc2oc(=O)c(C=O)c(N3CCCC3)c2cc1Cl. The smallest absolute Gasteiger partial charge is 0.349 e. The summed E-state index contributed by atoms with van der Waals surface area (Å²) in [5, 5.41) is 1.33. The molecule has 0 radical (unpaired) electrons. The number of carbonyl (C=O) groups excluding carboxylic acids is 1. The van der Waals surface area contributed by atoms with Crippen LogP contribution in [0.25, 0.3) is 11.0 Å². The van der Waals surface area contributed by atoms with Crippen LogP contribution in [0.15, 0.2) is 21.3 Å². The molecule has 1 fully saturated rings. The first kappa shape index (κ1) is 13.2. The summed E-state index contributed by atoms with van der Waals surface area (Å²) in [6.07, 6.45) is 2.69. The normalized spacial score (nSPS) is 15.0. The molecule has 1 saturated heterocycles. The summed E-state index contributed by atoms with van der Waals surface area (Å²) in [6.45, 7) is 3.53. The lowest BCUT2D eigenvalue weighted by atomic mass is 10.1. The van der Waals surface area contributed by atoms with Crippen molar-refractivity contribution in [2.45, 2.75) is 19.8 Å². The van der Waals surface area contributed by atoms with Crippen LogP contribution in [-0.2, 0) is 0 Å². The van der Waals surface area contributed by atoms with Gasteiger partial charge in [0.2, 0.25) is 0 Å². The third kappa shape index (κ3) is 2.00. The molecule has 1 aliphatic rings. The number of aldehydes is 1. The summed E-state index contributed by atoms with van der Waals surface area (Å²) in [4.78, 5) is 25.3. The van der Waals surface area contributed by atoms with Gasteiger partial charge in [-0.1, -0.05) is 11.6 Å². The van der Waals surface area contributed by atoms with Gasteiger partial charge in [0, 0.05) is 23.5 Å². The molecule has 2 heterocycles. The lowest BCUT2D eigenvalue weighted by Gasteiger charge is -2.21. The van der Waals surface area contributed by atoms with Gasteiger partial charge in [-0.15, -0.1) is 0 Å². The van der Waals surface area contributed by atoms with Gasteiger partial charge in [-0.2, -0.15) is 0 Å². The lowest BCUT2D eigenvalue weighted by molar-refractivity contribution is 0.112. The maximum Gasteiger partial charge on any atom is 0.349 e. The van der Waals surface area contributed by atoms with Crippen LogP contribution >= 0.6 is 11.6 Å². The molecule has 3 rings (SSSR count). The van der Waals surface area contributed by atoms with E-state index in [9.17, 15) is 9.59 Å². The quantitative estimate of drug-likeness (QED) is 0.630. The van der Waals surface area contributed by atoms with Gasteiger partial charge in [-0.05, 0) is 37.5 Å². The number of benzene rings is 1. The number of anilines is 1. The minimum Gasteiger partial charge on any atom is -0.422 e. The molecule has 5 heteroatoms. The summed E-state index contributed by atoms with van der Waals surface area (Å²) in [7, 11) is 0. The highest BCUT2D eigenvalue weighted by molar-refractivity contribution is 6.32. The minimum absolute atomic E-state index is 0.0827. The van der Waals surface area contributed by atoms with Gasteiger partial charge in [0.05, 0.1) is 5.69 Å². The van der Waals surface area contributed by atoms with E-state index in [1.54, 1.807) is 12.1 Å². The molecule has 1 aromatic carbocycles. The zero-order chi connectivity index (χ0) is 14.3. The van der Waals surface area contributed by atoms with Crippen LogP contribution < -0.4 is 10.5 Å². The predicted octanol–water partition coefficient (Wildman–Crippen LogP) is 3.17. The zero-order valence-electron chi connectivity index (χ0n) is 11.1. The summed E-state index contributed by atoms with van der Waals surface area (Å²) in [6, 6.07) is 3.52. The van der Waals surface area contributed by atoms with E-state index in [1.807, 2.05) is 6.92 Å². The number of hydrogen-bond acceptors (Lipinski definition) is 4. The Bertz CT molecular complexity index is 745. The molecular formula is C15H14ClNO3. The van der Waals surface area contributed by atoms with Crippen LogP contribution in [0.2, 0.25) is 5.02 Å². The molecule has 0 unspecified atom stereocenters. The average Bonchev–Trinajstić information content (AvgIpc) is 2.93. The molecule has 0 bridgehead atoms. The van der Waals surface area contributed by atoms with E-state index in [0.717, 1.165) is 36.9 Å². The van der Waals surface area contributed by atoms with E-state index in [4.69, 9.17) is 16.0 Å². The Morgan fingerprint density at radius 1 is 1.30 bits per heavy atom. The third-order valence-corrected chi connectivity index (χ3v) is 4.14. The molecule has 0 aliphatic carbocycles. The van der Waals surface area contributed by atoms with E-state index in [0.29, 0.717) is 22.6 Å². The van der Waals surface area contributed by atoms with Crippen molar-refractivity contribution in [1.29, 1.82) is 0 Å². The van der Waals surface area contributed by atoms with Crippen molar-refractivity contribution in [2.24, 2.45) is 0 Å². The van der Waals surface area contributed by atoms with Crippen molar-refractivity contribution in [1.82, 2.24) is 0 Å². The van der Waals surface area contributed by atoms with Crippen molar-refractivity contribution < 1.29 is 9.21 Å². The maximum atomic E-state index is 12.0. The lowest BCUT2D eigenvalue weighted by Crippen LogP contribution is -2.23. The van der Waals surface area contributed by atoms with Crippen molar-refractivity contribution >= 4 is 34.5 Å². The van der Waals surface area contributed by atoms with E-state index >= 15 is 0 Å². The maximum absolute atomic E-state index is 12.0. The monoisotopic (exact) mass is 291 g/mol. The van der Waals surface area contributed by atoms with Crippen LogP contribution in [0.3, 0.4) is 0 Å². The topological polar surface area (TPSA) is 50.5 Å². The molecule has 104 valence electrons. The number of nitrogens with zero attached hydrogens (tertiary/aromatic N) is 1. The Hall–Kier alpha value is -1.81. The molecule has 1 aliphatic heterocycles. The molecule has 1 aromatic heterocycles. The van der Waals surface area contributed by atoms with Crippen LogP contribution in [0, 0.1) is 6.92 Å². The van der Waals surface area contributed by atoms with E-state index in [-0.39, 0.29) is 5.56 Å². The second-order valence-electron chi connectivity index (χ2n) is 5.06. The van der Waals surface area contributed by atoms with Gasteiger partial charge in [-0.3, -0.25) is 4.79 Å². The van der Waals surface area contributed by atoms with E-state index < -0.39 is 5.63 Å². The van der Waals surface area contributed by atoms with Gasteiger partial charge in [-0.25, -0.2) is 4.79 Å². The third-order valence-electron chi connectivity index (χ3n) is 3.73. The Kier molecular flexibility index (Phi) is 3.26. The van der Waals surface area contributed by atoms with Crippen LogP contribution in [-0.4, -0.2) is 19.4 Å². The summed E-state index contributed by atoms with van der Waals surface area (Å²) in [5.41, 5.74) is 1.47. The standard InChI is InChI=1S/C15H14ClNO3/c1-9-6-13-10(7-12(9)16)14(17-4-2-3-5-17)11(8-18)15(19)20-13/h6-8H,2-5H2,1H3. The average molecular weight is 292 g/mol. The van der Waals surface area contributed by atoms with Gasteiger partial charge in [0.25, 0.3) is 0 Å². The fraction of sp³-hybridized carbons (Fsp3) is 0.333. The molecule has 20 heavy (non-hydrogen) atoms. The second kappa shape index (κ2) is 4.94. The fourth-order valence-electron chi connectivity index (χ4n) is 2.71. The fourth-order valence-corrected chi connectivity index (χ4v) is 2.87. The Labute approximate surface area is 120 Å². The molecule has 0 atom stereocenters. The van der Waals surface area contributed by atoms with Crippen molar-refractivity contribution in [2.75, 3.05) is 18.0 Å². The van der Waals surface area contributed by atoms with E-state index in [1.165, 1.54) is 0 Å². The molecule has 4 nitrogen and oxygen atoms in total. The summed E-state index contributed by atoms with van der Waals surface area (Å²) >= 11 is 6.18. The van der Waals surface area contributed by atoms with Gasteiger partial charge in [0.1, 0.15) is 11.1 Å². The minimum atomic E-state index is -0.587. The molecular weight excluding hydrogens is 278 g/mol. The van der Waals surface area contributed by atoms with Crippen LogP contribution in [0.4, 0.5) is 5.69 Å². The van der Waals surface area contributed by atoms with Gasteiger partial charge < -0.3 is 9.32 Å².